The number of carboxylic acids is 1. The van der Waals surface area contributed by atoms with Crippen LogP contribution in [0.2, 0.25) is 0 Å². The van der Waals surface area contributed by atoms with Crippen LogP contribution in [0.25, 0.3) is 0 Å². The number of carbonyl (C=O) groups excluding carboxylic acids is 1. The lowest BCUT2D eigenvalue weighted by Gasteiger charge is -2.36. The van der Waals surface area contributed by atoms with Crippen molar-refractivity contribution >= 4 is 11.9 Å². The highest BCUT2D eigenvalue weighted by atomic mass is 16.5. The Kier molecular flexibility index (Phi) is 3.87. The average molecular weight is 257 g/mol. The van der Waals surface area contributed by atoms with Crippen molar-refractivity contribution in [3.8, 4) is 0 Å². The summed E-state index contributed by atoms with van der Waals surface area (Å²) in [4.78, 5) is 24.8. The van der Waals surface area contributed by atoms with Gasteiger partial charge in [0, 0.05) is 38.8 Å². The van der Waals surface area contributed by atoms with Gasteiger partial charge in [-0.3, -0.25) is 9.59 Å². The van der Waals surface area contributed by atoms with E-state index >= 15 is 0 Å². The molecule has 2 heterocycles. The van der Waals surface area contributed by atoms with Crippen molar-refractivity contribution < 1.29 is 24.2 Å². The molecule has 1 amide bonds. The summed E-state index contributed by atoms with van der Waals surface area (Å²) in [5.41, 5.74) is -0.312. The zero-order chi connectivity index (χ0) is 13.2. The van der Waals surface area contributed by atoms with Crippen LogP contribution in [0.5, 0.6) is 0 Å². The Bertz CT molecular complexity index is 337. The van der Waals surface area contributed by atoms with Crippen LogP contribution < -0.4 is 0 Å². The molecular formula is C12H19NO5. The number of ether oxygens (including phenoxy) is 2. The average Bonchev–Trinajstić information content (AvgIpc) is 2.70. The van der Waals surface area contributed by atoms with Gasteiger partial charge in [0.25, 0.3) is 0 Å². The normalized spacial score (nSPS) is 26.5. The fraction of sp³-hybridized carbons (Fsp3) is 0.833. The number of carbonyl (C=O) groups is 2. The first-order valence-electron chi connectivity index (χ1n) is 6.16. The van der Waals surface area contributed by atoms with Crippen LogP contribution in [0, 0.1) is 11.3 Å². The molecule has 0 bridgehead atoms. The second-order valence-electron chi connectivity index (χ2n) is 5.07. The van der Waals surface area contributed by atoms with Gasteiger partial charge in [-0.05, 0) is 12.8 Å². The van der Waals surface area contributed by atoms with Crippen LogP contribution in [0.3, 0.4) is 0 Å². The predicted molar refractivity (Wildman–Crippen MR) is 62.1 cm³/mol. The van der Waals surface area contributed by atoms with Gasteiger partial charge < -0.3 is 19.5 Å². The Balaban J connectivity index is 2.13. The molecule has 2 aliphatic heterocycles. The number of amides is 1. The van der Waals surface area contributed by atoms with Crippen molar-refractivity contribution in [2.45, 2.75) is 12.8 Å². The minimum atomic E-state index is -0.815. The molecule has 0 aromatic heterocycles. The summed E-state index contributed by atoms with van der Waals surface area (Å²) in [6.45, 7) is 1.97. The first-order chi connectivity index (χ1) is 8.59. The summed E-state index contributed by atoms with van der Waals surface area (Å²) < 4.78 is 10.1. The summed E-state index contributed by atoms with van der Waals surface area (Å²) >= 11 is 0. The monoisotopic (exact) mass is 257 g/mol. The SMILES string of the molecule is COCC(=O)N1CC(C(=O)O)C2(CCOCC2)C1. The van der Waals surface area contributed by atoms with E-state index in [1.165, 1.54) is 7.11 Å². The molecule has 0 radical (unpaired) electrons. The summed E-state index contributed by atoms with van der Waals surface area (Å²) in [5, 5.41) is 9.35. The molecule has 1 atom stereocenters. The van der Waals surface area contributed by atoms with Crippen molar-refractivity contribution in [3.63, 3.8) is 0 Å². The molecule has 2 fully saturated rings. The van der Waals surface area contributed by atoms with Crippen LogP contribution in [-0.4, -0.2) is 61.9 Å². The Hall–Kier alpha value is -1.14. The van der Waals surface area contributed by atoms with E-state index < -0.39 is 11.9 Å². The number of methoxy groups -OCH3 is 1. The zero-order valence-corrected chi connectivity index (χ0v) is 10.6. The third kappa shape index (κ3) is 2.35. The molecule has 1 N–H and O–H groups in total. The molecule has 2 rings (SSSR count). The van der Waals surface area contributed by atoms with E-state index in [0.717, 1.165) is 0 Å². The second kappa shape index (κ2) is 5.24. The molecule has 0 aromatic carbocycles. The molecule has 0 saturated carbocycles. The molecule has 6 nitrogen and oxygen atoms in total. The van der Waals surface area contributed by atoms with Gasteiger partial charge >= 0.3 is 5.97 Å². The summed E-state index contributed by atoms with van der Waals surface area (Å²) in [6.07, 6.45) is 1.42. The highest BCUT2D eigenvalue weighted by Gasteiger charge is 2.51. The smallest absolute Gasteiger partial charge is 0.308 e. The van der Waals surface area contributed by atoms with E-state index in [1.807, 2.05) is 0 Å². The van der Waals surface area contributed by atoms with Gasteiger partial charge in [0.2, 0.25) is 5.91 Å². The van der Waals surface area contributed by atoms with Crippen LogP contribution in [0.15, 0.2) is 0 Å². The maximum atomic E-state index is 11.8. The van der Waals surface area contributed by atoms with E-state index in [2.05, 4.69) is 0 Å². The van der Waals surface area contributed by atoms with Gasteiger partial charge in [-0.1, -0.05) is 0 Å². The lowest BCUT2D eigenvalue weighted by Crippen LogP contribution is -2.40. The number of hydrogen-bond donors (Lipinski definition) is 1. The second-order valence-corrected chi connectivity index (χ2v) is 5.07. The number of likely N-dealkylation sites (tertiary alicyclic amines) is 1. The lowest BCUT2D eigenvalue weighted by molar-refractivity contribution is -0.146. The zero-order valence-electron chi connectivity index (χ0n) is 10.6. The number of aliphatic carboxylic acids is 1. The molecule has 1 unspecified atom stereocenters. The van der Waals surface area contributed by atoms with Crippen molar-refractivity contribution in [3.05, 3.63) is 0 Å². The fourth-order valence-electron chi connectivity index (χ4n) is 3.00. The van der Waals surface area contributed by atoms with Gasteiger partial charge in [0.15, 0.2) is 0 Å². The van der Waals surface area contributed by atoms with Gasteiger partial charge in [-0.15, -0.1) is 0 Å². The number of hydrogen-bond acceptors (Lipinski definition) is 4. The summed E-state index contributed by atoms with van der Waals surface area (Å²) in [6, 6.07) is 0. The van der Waals surface area contributed by atoms with E-state index in [1.54, 1.807) is 4.90 Å². The van der Waals surface area contributed by atoms with E-state index in [0.29, 0.717) is 32.6 Å². The molecule has 2 saturated heterocycles. The van der Waals surface area contributed by atoms with Crippen molar-refractivity contribution in [2.24, 2.45) is 11.3 Å². The fourth-order valence-corrected chi connectivity index (χ4v) is 3.00. The summed E-state index contributed by atoms with van der Waals surface area (Å²) in [5.74, 6) is -1.43. The van der Waals surface area contributed by atoms with Crippen molar-refractivity contribution in [2.75, 3.05) is 40.0 Å². The van der Waals surface area contributed by atoms with Gasteiger partial charge in [0.1, 0.15) is 6.61 Å². The molecule has 1 spiro atoms. The Morgan fingerprint density at radius 2 is 2.11 bits per heavy atom. The maximum Gasteiger partial charge on any atom is 0.308 e. The molecule has 0 aliphatic carbocycles. The third-order valence-electron chi connectivity index (χ3n) is 4.06. The third-order valence-corrected chi connectivity index (χ3v) is 4.06. The van der Waals surface area contributed by atoms with Crippen LogP contribution in [-0.2, 0) is 19.1 Å². The number of rotatable bonds is 3. The minimum Gasteiger partial charge on any atom is -0.481 e. The molecule has 102 valence electrons. The van der Waals surface area contributed by atoms with E-state index in [-0.39, 0.29) is 24.5 Å². The van der Waals surface area contributed by atoms with E-state index in [4.69, 9.17) is 9.47 Å². The van der Waals surface area contributed by atoms with Crippen LogP contribution in [0.4, 0.5) is 0 Å². The highest BCUT2D eigenvalue weighted by Crippen LogP contribution is 2.44. The highest BCUT2D eigenvalue weighted by molar-refractivity contribution is 5.80. The Morgan fingerprint density at radius 3 is 2.67 bits per heavy atom. The van der Waals surface area contributed by atoms with Crippen LogP contribution >= 0.6 is 0 Å². The Labute approximate surface area is 106 Å². The first kappa shape index (κ1) is 13.3. The van der Waals surface area contributed by atoms with Gasteiger partial charge in [-0.25, -0.2) is 0 Å². The van der Waals surface area contributed by atoms with Crippen LogP contribution in [0.1, 0.15) is 12.8 Å². The molecule has 6 heteroatoms. The van der Waals surface area contributed by atoms with Gasteiger partial charge in [0.05, 0.1) is 5.92 Å². The molecule has 18 heavy (non-hydrogen) atoms. The summed E-state index contributed by atoms with van der Waals surface area (Å²) in [7, 11) is 1.47. The first-order valence-corrected chi connectivity index (χ1v) is 6.16. The minimum absolute atomic E-state index is 0.0128. The standard InChI is InChI=1S/C12H19NO5/c1-17-7-10(14)13-6-9(11(15)16)12(8-13)2-4-18-5-3-12/h9H,2-8H2,1H3,(H,15,16). The topological polar surface area (TPSA) is 76.1 Å². The quantitative estimate of drug-likeness (QED) is 0.768. The predicted octanol–water partition coefficient (Wildman–Crippen LogP) is -0.0274. The van der Waals surface area contributed by atoms with Gasteiger partial charge in [-0.2, -0.15) is 0 Å². The lowest BCUT2D eigenvalue weighted by atomic mass is 9.72. The number of nitrogens with zero attached hydrogens (tertiary/aromatic N) is 1. The number of carboxylic acid groups (broad SMARTS) is 1. The molecular weight excluding hydrogens is 238 g/mol. The Morgan fingerprint density at radius 1 is 1.44 bits per heavy atom. The maximum absolute atomic E-state index is 11.8. The largest absolute Gasteiger partial charge is 0.481 e. The van der Waals surface area contributed by atoms with Crippen molar-refractivity contribution in [1.82, 2.24) is 4.90 Å². The molecule has 0 aromatic rings. The van der Waals surface area contributed by atoms with E-state index in [9.17, 15) is 14.7 Å². The van der Waals surface area contributed by atoms with Crippen molar-refractivity contribution in [1.29, 1.82) is 0 Å². The molecule has 2 aliphatic rings.